The number of methoxy groups -OCH3 is 1. The Morgan fingerprint density at radius 3 is 2.45 bits per heavy atom. The van der Waals surface area contributed by atoms with Crippen LogP contribution in [0, 0.1) is 5.92 Å². The molecule has 0 spiro atoms. The summed E-state index contributed by atoms with van der Waals surface area (Å²) in [4.78, 5) is 28.5. The predicted octanol–water partition coefficient (Wildman–Crippen LogP) is 3.97. The molecule has 0 saturated carbocycles. The number of carbonyl (C=O) groups excluding carboxylic acids is 1. The van der Waals surface area contributed by atoms with Crippen LogP contribution in [-0.4, -0.2) is 29.0 Å². The molecule has 156 valence electrons. The van der Waals surface area contributed by atoms with Crippen LogP contribution in [0.5, 0.6) is 5.75 Å². The standard InChI is InChI=1S/C23H30N2O4/c1-4-6-7-15-8-10-19(25-14-15)22(26)21(24)18-13-16(9-11-20(18)29-3)12-17(5-2)23(27)28/h8-11,13-14,17,21H,4-7,12,24H2,1-3H3,(H,27,28). The molecule has 0 aliphatic heterocycles. The number of nitrogens with two attached hydrogens (primary N) is 1. The summed E-state index contributed by atoms with van der Waals surface area (Å²) in [6, 6.07) is 7.99. The minimum Gasteiger partial charge on any atom is -0.496 e. The maximum atomic E-state index is 12.9. The number of aryl methyl sites for hydroxylation is 1. The van der Waals surface area contributed by atoms with Crippen LogP contribution in [0.4, 0.5) is 0 Å². The molecule has 0 aliphatic carbocycles. The van der Waals surface area contributed by atoms with E-state index in [0.717, 1.165) is 30.4 Å². The van der Waals surface area contributed by atoms with Crippen LogP contribution in [0.25, 0.3) is 0 Å². The number of pyridine rings is 1. The van der Waals surface area contributed by atoms with Gasteiger partial charge in [-0.1, -0.05) is 38.5 Å². The Kier molecular flexibility index (Phi) is 8.34. The van der Waals surface area contributed by atoms with Gasteiger partial charge < -0.3 is 15.6 Å². The van der Waals surface area contributed by atoms with Gasteiger partial charge >= 0.3 is 5.97 Å². The van der Waals surface area contributed by atoms with Gasteiger partial charge in [-0.15, -0.1) is 0 Å². The average Bonchev–Trinajstić information content (AvgIpc) is 2.74. The van der Waals surface area contributed by atoms with Gasteiger partial charge in [0.2, 0.25) is 5.78 Å². The van der Waals surface area contributed by atoms with Gasteiger partial charge in [-0.3, -0.25) is 14.6 Å². The lowest BCUT2D eigenvalue weighted by atomic mass is 9.92. The molecule has 0 aliphatic rings. The summed E-state index contributed by atoms with van der Waals surface area (Å²) in [5.41, 5.74) is 9.01. The molecule has 0 fully saturated rings. The number of aliphatic carboxylic acids is 1. The summed E-state index contributed by atoms with van der Waals surface area (Å²) in [6.07, 6.45) is 5.73. The number of hydrogen-bond acceptors (Lipinski definition) is 5. The summed E-state index contributed by atoms with van der Waals surface area (Å²) < 4.78 is 5.38. The fourth-order valence-corrected chi connectivity index (χ4v) is 3.24. The number of carbonyl (C=O) groups is 2. The Morgan fingerprint density at radius 2 is 1.90 bits per heavy atom. The highest BCUT2D eigenvalue weighted by molar-refractivity contribution is 5.99. The van der Waals surface area contributed by atoms with E-state index in [4.69, 9.17) is 10.5 Å². The third kappa shape index (κ3) is 5.87. The van der Waals surface area contributed by atoms with Crippen LogP contribution >= 0.6 is 0 Å². The molecule has 0 amide bonds. The molecule has 1 aromatic heterocycles. The molecule has 1 heterocycles. The normalized spacial score (nSPS) is 13.0. The van der Waals surface area contributed by atoms with Gasteiger partial charge in [-0.2, -0.15) is 0 Å². The second-order valence-corrected chi connectivity index (χ2v) is 7.22. The smallest absolute Gasteiger partial charge is 0.306 e. The summed E-state index contributed by atoms with van der Waals surface area (Å²) in [5.74, 6) is -1.12. The molecular formula is C23H30N2O4. The molecule has 2 unspecified atom stereocenters. The van der Waals surface area contributed by atoms with Crippen LogP contribution in [-0.2, 0) is 17.6 Å². The maximum Gasteiger partial charge on any atom is 0.306 e. The number of Topliss-reactive ketones (excluding diaryl/α,β-unsaturated/α-hetero) is 1. The van der Waals surface area contributed by atoms with E-state index in [2.05, 4.69) is 11.9 Å². The molecular weight excluding hydrogens is 368 g/mol. The lowest BCUT2D eigenvalue weighted by molar-refractivity contribution is -0.141. The van der Waals surface area contributed by atoms with E-state index in [1.54, 1.807) is 24.4 Å². The van der Waals surface area contributed by atoms with Crippen molar-refractivity contribution in [3.63, 3.8) is 0 Å². The molecule has 0 radical (unpaired) electrons. The van der Waals surface area contributed by atoms with Crippen molar-refractivity contribution in [1.82, 2.24) is 4.98 Å². The highest BCUT2D eigenvalue weighted by atomic mass is 16.5. The van der Waals surface area contributed by atoms with Crippen molar-refractivity contribution in [3.8, 4) is 5.75 Å². The minimum atomic E-state index is -0.941. The van der Waals surface area contributed by atoms with E-state index >= 15 is 0 Å². The maximum absolute atomic E-state index is 12.9. The van der Waals surface area contributed by atoms with Crippen molar-refractivity contribution in [2.45, 2.75) is 52.0 Å². The van der Waals surface area contributed by atoms with Crippen molar-refractivity contribution in [2.24, 2.45) is 11.7 Å². The van der Waals surface area contributed by atoms with Gasteiger partial charge in [0.25, 0.3) is 0 Å². The van der Waals surface area contributed by atoms with Gasteiger partial charge in [-0.25, -0.2) is 0 Å². The number of aromatic nitrogens is 1. The molecule has 6 nitrogen and oxygen atoms in total. The lowest BCUT2D eigenvalue weighted by Crippen LogP contribution is -2.23. The number of rotatable bonds is 11. The number of hydrogen-bond donors (Lipinski definition) is 2. The number of carboxylic acids is 1. The van der Waals surface area contributed by atoms with Crippen LogP contribution in [0.3, 0.4) is 0 Å². The molecule has 3 N–H and O–H groups in total. The van der Waals surface area contributed by atoms with Crippen molar-refractivity contribution in [3.05, 3.63) is 58.9 Å². The lowest BCUT2D eigenvalue weighted by Gasteiger charge is -2.17. The molecule has 2 aromatic rings. The van der Waals surface area contributed by atoms with Gasteiger partial charge in [0, 0.05) is 11.8 Å². The van der Waals surface area contributed by atoms with Gasteiger partial charge in [0.05, 0.1) is 19.1 Å². The minimum absolute atomic E-state index is 0.298. The van der Waals surface area contributed by atoms with Gasteiger partial charge in [0.15, 0.2) is 0 Å². The fourth-order valence-electron chi connectivity index (χ4n) is 3.24. The third-order valence-corrected chi connectivity index (χ3v) is 5.13. The highest BCUT2D eigenvalue weighted by Gasteiger charge is 2.24. The first-order chi connectivity index (χ1) is 13.9. The molecule has 0 saturated heterocycles. The zero-order valence-electron chi connectivity index (χ0n) is 17.4. The van der Waals surface area contributed by atoms with E-state index < -0.39 is 17.9 Å². The number of carboxylic acid groups (broad SMARTS) is 1. The van der Waals surface area contributed by atoms with Gasteiger partial charge in [-0.05, 0) is 48.9 Å². The first-order valence-corrected chi connectivity index (χ1v) is 10.1. The third-order valence-electron chi connectivity index (χ3n) is 5.13. The van der Waals surface area contributed by atoms with E-state index in [1.807, 2.05) is 19.1 Å². The number of unbranched alkanes of at least 4 members (excludes halogenated alkanes) is 1. The van der Waals surface area contributed by atoms with Crippen molar-refractivity contribution in [1.29, 1.82) is 0 Å². The average molecular weight is 399 g/mol. The summed E-state index contributed by atoms with van der Waals surface area (Å²) >= 11 is 0. The predicted molar refractivity (Wildman–Crippen MR) is 112 cm³/mol. The fraction of sp³-hybridized carbons (Fsp3) is 0.435. The Hall–Kier alpha value is -2.73. The molecule has 2 atom stereocenters. The van der Waals surface area contributed by atoms with Crippen LogP contribution in [0.15, 0.2) is 36.5 Å². The second kappa shape index (κ2) is 10.7. The molecule has 6 heteroatoms. The zero-order valence-corrected chi connectivity index (χ0v) is 17.4. The Labute approximate surface area is 172 Å². The first-order valence-electron chi connectivity index (χ1n) is 10.1. The van der Waals surface area contributed by atoms with E-state index in [1.165, 1.54) is 7.11 Å². The molecule has 2 rings (SSSR count). The molecule has 29 heavy (non-hydrogen) atoms. The SMILES string of the molecule is CCCCc1ccc(C(=O)C(N)c2cc(CC(CC)C(=O)O)ccc2OC)nc1. The Morgan fingerprint density at radius 1 is 1.17 bits per heavy atom. The topological polar surface area (TPSA) is 103 Å². The summed E-state index contributed by atoms with van der Waals surface area (Å²) in [6.45, 7) is 3.97. The van der Waals surface area contributed by atoms with Crippen molar-refractivity contribution >= 4 is 11.8 Å². The van der Waals surface area contributed by atoms with Crippen LogP contribution in [0.1, 0.15) is 66.3 Å². The molecule has 0 bridgehead atoms. The number of ketones is 1. The number of ether oxygens (including phenoxy) is 1. The monoisotopic (exact) mass is 398 g/mol. The summed E-state index contributed by atoms with van der Waals surface area (Å²) in [5, 5.41) is 9.32. The number of nitrogens with zero attached hydrogens (tertiary/aromatic N) is 1. The second-order valence-electron chi connectivity index (χ2n) is 7.22. The van der Waals surface area contributed by atoms with Gasteiger partial charge in [0.1, 0.15) is 11.4 Å². The number of benzene rings is 1. The zero-order chi connectivity index (χ0) is 21.4. The van der Waals surface area contributed by atoms with E-state index in [0.29, 0.717) is 29.8 Å². The van der Waals surface area contributed by atoms with Crippen molar-refractivity contribution in [2.75, 3.05) is 7.11 Å². The van der Waals surface area contributed by atoms with Crippen LogP contribution < -0.4 is 10.5 Å². The van der Waals surface area contributed by atoms with E-state index in [-0.39, 0.29) is 5.78 Å². The van der Waals surface area contributed by atoms with Crippen molar-refractivity contribution < 1.29 is 19.4 Å². The van der Waals surface area contributed by atoms with E-state index in [9.17, 15) is 14.7 Å². The quantitative estimate of drug-likeness (QED) is 0.555. The van der Waals surface area contributed by atoms with Crippen LogP contribution in [0.2, 0.25) is 0 Å². The largest absolute Gasteiger partial charge is 0.496 e. The highest BCUT2D eigenvalue weighted by Crippen LogP contribution is 2.28. The Balaban J connectivity index is 2.25. The first kappa shape index (κ1) is 22.6. The summed E-state index contributed by atoms with van der Waals surface area (Å²) in [7, 11) is 1.52. The Bertz CT molecular complexity index is 833. The molecule has 1 aromatic carbocycles.